The molecule has 0 saturated carbocycles. The monoisotopic (exact) mass is 351 g/mol. The third-order valence-electron chi connectivity index (χ3n) is 3.66. The Morgan fingerprint density at radius 2 is 1.88 bits per heavy atom. The minimum absolute atomic E-state index is 0.178. The van der Waals surface area contributed by atoms with E-state index in [9.17, 15) is 4.79 Å². The van der Waals surface area contributed by atoms with Crippen LogP contribution in [0.25, 0.3) is 0 Å². The summed E-state index contributed by atoms with van der Waals surface area (Å²) in [6, 6.07) is 6.92. The van der Waals surface area contributed by atoms with Gasteiger partial charge in [0.25, 0.3) is 0 Å². The number of carbonyl (C=O) groups is 1. The van der Waals surface area contributed by atoms with Crippen molar-refractivity contribution in [2.45, 2.75) is 83.1 Å². The Morgan fingerprint density at radius 1 is 1.25 bits per heavy atom. The van der Waals surface area contributed by atoms with Gasteiger partial charge in [-0.15, -0.1) is 11.8 Å². The van der Waals surface area contributed by atoms with E-state index in [0.29, 0.717) is 6.04 Å². The van der Waals surface area contributed by atoms with E-state index in [1.165, 1.54) is 11.1 Å². The molecule has 1 rings (SSSR count). The molecule has 0 aliphatic heterocycles. The Balaban J connectivity index is 2.81. The first-order valence-electron chi connectivity index (χ1n) is 8.70. The van der Waals surface area contributed by atoms with Gasteiger partial charge in [-0.25, -0.2) is 0 Å². The number of hydrogen-bond donors (Lipinski definition) is 1. The molecule has 1 atom stereocenters. The second-order valence-electron chi connectivity index (χ2n) is 7.87. The molecule has 0 fully saturated rings. The lowest BCUT2D eigenvalue weighted by atomic mass is 10.0. The van der Waals surface area contributed by atoms with E-state index in [1.807, 2.05) is 34.6 Å². The van der Waals surface area contributed by atoms with Gasteiger partial charge < -0.3 is 10.1 Å². The van der Waals surface area contributed by atoms with Gasteiger partial charge in [-0.2, -0.15) is 0 Å². The van der Waals surface area contributed by atoms with Crippen molar-refractivity contribution in [3.63, 3.8) is 0 Å². The van der Waals surface area contributed by atoms with E-state index in [0.717, 1.165) is 17.9 Å². The number of benzene rings is 1. The van der Waals surface area contributed by atoms with Crippen molar-refractivity contribution in [2.75, 3.05) is 6.54 Å². The Hall–Kier alpha value is -1.00. The summed E-state index contributed by atoms with van der Waals surface area (Å²) in [5, 5.41) is 3.44. The molecule has 24 heavy (non-hydrogen) atoms. The highest BCUT2D eigenvalue weighted by Gasteiger charge is 2.33. The van der Waals surface area contributed by atoms with Crippen molar-refractivity contribution >= 4 is 17.7 Å². The Labute approximate surface area is 151 Å². The van der Waals surface area contributed by atoms with Crippen molar-refractivity contribution in [1.29, 1.82) is 0 Å². The van der Waals surface area contributed by atoms with Gasteiger partial charge in [0, 0.05) is 10.9 Å². The number of ether oxygens (including phenoxy) is 1. The fourth-order valence-electron chi connectivity index (χ4n) is 2.45. The molecule has 0 heterocycles. The maximum atomic E-state index is 12.4. The third-order valence-corrected chi connectivity index (χ3v) is 4.82. The molecule has 3 nitrogen and oxygen atoms in total. The summed E-state index contributed by atoms with van der Waals surface area (Å²) in [7, 11) is 0. The van der Waals surface area contributed by atoms with Gasteiger partial charge >= 0.3 is 5.97 Å². The van der Waals surface area contributed by atoms with Gasteiger partial charge in [0.15, 0.2) is 0 Å². The second kappa shape index (κ2) is 8.39. The normalized spacial score (nSPS) is 13.7. The topological polar surface area (TPSA) is 38.3 Å². The predicted octanol–water partition coefficient (Wildman–Crippen LogP) is 4.75. The van der Waals surface area contributed by atoms with Gasteiger partial charge in [0.1, 0.15) is 10.3 Å². The van der Waals surface area contributed by atoms with E-state index in [1.54, 1.807) is 11.8 Å². The number of nitrogens with one attached hydrogen (secondary N) is 1. The summed E-state index contributed by atoms with van der Waals surface area (Å²) in [4.78, 5) is 13.5. The molecule has 0 aromatic heterocycles. The summed E-state index contributed by atoms with van der Waals surface area (Å²) in [6.07, 6.45) is 1.01. The minimum Gasteiger partial charge on any atom is -0.459 e. The molecule has 0 aliphatic carbocycles. The first-order chi connectivity index (χ1) is 10.9. The fraction of sp³-hybridized carbons (Fsp3) is 0.650. The zero-order valence-electron chi connectivity index (χ0n) is 16.4. The van der Waals surface area contributed by atoms with Crippen LogP contribution >= 0.6 is 11.8 Å². The number of rotatable bonds is 7. The summed E-state index contributed by atoms with van der Waals surface area (Å²) in [5.41, 5.74) is 2.16. The smallest absolute Gasteiger partial charge is 0.322 e. The lowest BCUT2D eigenvalue weighted by Gasteiger charge is -2.28. The van der Waals surface area contributed by atoms with Gasteiger partial charge in [-0.05, 0) is 84.7 Å². The zero-order valence-corrected chi connectivity index (χ0v) is 17.3. The molecular formula is C20H33NO2S. The Kier molecular flexibility index (Phi) is 7.36. The van der Waals surface area contributed by atoms with Crippen LogP contribution in [0.5, 0.6) is 0 Å². The van der Waals surface area contributed by atoms with Gasteiger partial charge in [-0.3, -0.25) is 4.79 Å². The van der Waals surface area contributed by atoms with Crippen molar-refractivity contribution in [3.8, 4) is 0 Å². The molecule has 4 heteroatoms. The average molecular weight is 352 g/mol. The molecule has 1 N–H and O–H groups in total. The van der Waals surface area contributed by atoms with E-state index in [2.05, 4.69) is 44.3 Å². The second-order valence-corrected chi connectivity index (χ2v) is 9.56. The molecule has 0 amide bonds. The maximum absolute atomic E-state index is 12.4. The Morgan fingerprint density at radius 3 is 2.38 bits per heavy atom. The van der Waals surface area contributed by atoms with Crippen LogP contribution in [0.4, 0.5) is 0 Å². The number of hydrogen-bond acceptors (Lipinski definition) is 4. The Bertz CT molecular complexity index is 561. The van der Waals surface area contributed by atoms with Gasteiger partial charge in [-0.1, -0.05) is 13.0 Å². The predicted molar refractivity (Wildman–Crippen MR) is 104 cm³/mol. The summed E-state index contributed by atoms with van der Waals surface area (Å²) >= 11 is 1.56. The SMILES string of the molecule is CCN[C@@H](C)Cc1ccc(SC(C)(C)C(=O)OC(C)(C)C)cc1C. The first kappa shape index (κ1) is 21.0. The first-order valence-corrected chi connectivity index (χ1v) is 9.51. The summed E-state index contributed by atoms with van der Waals surface area (Å²) in [6.45, 7) is 17.0. The molecular weight excluding hydrogens is 318 g/mol. The largest absolute Gasteiger partial charge is 0.459 e. The molecule has 0 saturated heterocycles. The van der Waals surface area contributed by atoms with E-state index < -0.39 is 10.3 Å². The zero-order chi connectivity index (χ0) is 18.5. The lowest BCUT2D eigenvalue weighted by Crippen LogP contribution is -2.36. The highest BCUT2D eigenvalue weighted by molar-refractivity contribution is 8.01. The van der Waals surface area contributed by atoms with Crippen LogP contribution in [0, 0.1) is 6.92 Å². The van der Waals surface area contributed by atoms with Crippen molar-refractivity contribution in [2.24, 2.45) is 0 Å². The third kappa shape index (κ3) is 6.86. The van der Waals surface area contributed by atoms with Crippen LogP contribution in [-0.2, 0) is 16.0 Å². The van der Waals surface area contributed by atoms with Crippen LogP contribution < -0.4 is 5.32 Å². The molecule has 0 bridgehead atoms. The molecule has 136 valence electrons. The summed E-state index contributed by atoms with van der Waals surface area (Å²) in [5.74, 6) is -0.178. The van der Waals surface area contributed by atoms with Crippen LogP contribution in [0.1, 0.15) is 59.6 Å². The highest BCUT2D eigenvalue weighted by atomic mass is 32.2. The minimum atomic E-state index is -0.613. The van der Waals surface area contributed by atoms with Crippen LogP contribution in [0.3, 0.4) is 0 Å². The van der Waals surface area contributed by atoms with Gasteiger partial charge in [0.2, 0.25) is 0 Å². The molecule has 0 unspecified atom stereocenters. The average Bonchev–Trinajstić information content (AvgIpc) is 2.40. The number of esters is 1. The fourth-order valence-corrected chi connectivity index (χ4v) is 3.53. The van der Waals surface area contributed by atoms with Crippen molar-refractivity contribution < 1.29 is 9.53 Å². The quantitative estimate of drug-likeness (QED) is 0.568. The van der Waals surface area contributed by atoms with E-state index in [4.69, 9.17) is 4.74 Å². The van der Waals surface area contributed by atoms with Crippen molar-refractivity contribution in [1.82, 2.24) is 5.32 Å². The maximum Gasteiger partial charge on any atom is 0.322 e. The van der Waals surface area contributed by atoms with E-state index in [-0.39, 0.29) is 5.97 Å². The number of aryl methyl sites for hydroxylation is 1. The molecule has 1 aromatic carbocycles. The number of carbonyl (C=O) groups excluding carboxylic acids is 1. The summed E-state index contributed by atoms with van der Waals surface area (Å²) < 4.78 is 4.93. The molecule has 0 radical (unpaired) electrons. The standard InChI is InChI=1S/C20H33NO2S/c1-9-21-15(3)13-16-10-11-17(12-14(16)2)24-20(7,8)18(22)23-19(4,5)6/h10-12,15,21H,9,13H2,1-8H3/t15-/m0/s1. The number of thioether (sulfide) groups is 1. The molecule has 1 aromatic rings. The molecule has 0 spiro atoms. The van der Waals surface area contributed by atoms with E-state index >= 15 is 0 Å². The van der Waals surface area contributed by atoms with Crippen molar-refractivity contribution in [3.05, 3.63) is 29.3 Å². The van der Waals surface area contributed by atoms with Crippen LogP contribution in [0.15, 0.2) is 23.1 Å². The molecule has 0 aliphatic rings. The number of likely N-dealkylation sites (N-methyl/N-ethyl adjacent to an activating group) is 1. The lowest BCUT2D eigenvalue weighted by molar-refractivity contribution is -0.156. The highest BCUT2D eigenvalue weighted by Crippen LogP contribution is 2.35. The van der Waals surface area contributed by atoms with Crippen LogP contribution in [-0.4, -0.2) is 28.9 Å². The van der Waals surface area contributed by atoms with Gasteiger partial charge in [0.05, 0.1) is 0 Å². The van der Waals surface area contributed by atoms with Crippen LogP contribution in [0.2, 0.25) is 0 Å².